The molecule has 0 saturated heterocycles. The Balaban J connectivity index is 1.71. The molecule has 0 fully saturated rings. The predicted octanol–water partition coefficient (Wildman–Crippen LogP) is 1.29. The first-order valence-electron chi connectivity index (χ1n) is 6.58. The molecule has 0 saturated carbocycles. The normalized spacial score (nSPS) is 17.1. The van der Waals surface area contributed by atoms with Crippen molar-refractivity contribution in [3.8, 4) is 0 Å². The summed E-state index contributed by atoms with van der Waals surface area (Å²) >= 11 is 0. The van der Waals surface area contributed by atoms with Crippen molar-refractivity contribution < 1.29 is 9.90 Å². The minimum absolute atomic E-state index is 0.201. The SMILES string of the molecule is Cn1c(C(=O)O)cnc1CNC1CCc2cccnc21. The Morgan fingerprint density at radius 2 is 2.40 bits per heavy atom. The molecule has 1 unspecified atom stereocenters. The maximum Gasteiger partial charge on any atom is 0.354 e. The van der Waals surface area contributed by atoms with Gasteiger partial charge in [-0.05, 0) is 24.5 Å². The van der Waals surface area contributed by atoms with Gasteiger partial charge in [-0.15, -0.1) is 0 Å². The summed E-state index contributed by atoms with van der Waals surface area (Å²) < 4.78 is 1.60. The molecule has 1 aliphatic rings. The molecule has 2 aromatic rings. The van der Waals surface area contributed by atoms with E-state index in [-0.39, 0.29) is 11.7 Å². The number of hydrogen-bond acceptors (Lipinski definition) is 4. The van der Waals surface area contributed by atoms with Crippen LogP contribution in [0.1, 0.15) is 40.0 Å². The summed E-state index contributed by atoms with van der Waals surface area (Å²) in [4.78, 5) is 19.5. The smallest absolute Gasteiger partial charge is 0.354 e. The topological polar surface area (TPSA) is 80.0 Å². The first kappa shape index (κ1) is 12.8. The average Bonchev–Trinajstić information content (AvgIpc) is 3.00. The van der Waals surface area contributed by atoms with Crippen LogP contribution in [0, 0.1) is 0 Å². The zero-order valence-corrected chi connectivity index (χ0v) is 11.2. The van der Waals surface area contributed by atoms with Gasteiger partial charge in [0.1, 0.15) is 11.5 Å². The third-order valence-electron chi connectivity index (χ3n) is 3.77. The number of aromatic carboxylic acids is 1. The standard InChI is InChI=1S/C14H16N4O2/c1-18-11(14(19)20)7-17-12(18)8-16-10-5-4-9-3-2-6-15-13(9)10/h2-3,6-7,10,16H,4-5,8H2,1H3,(H,19,20). The summed E-state index contributed by atoms with van der Waals surface area (Å²) in [6, 6.07) is 4.28. The molecule has 0 radical (unpaired) electrons. The maximum atomic E-state index is 11.0. The Morgan fingerprint density at radius 1 is 1.55 bits per heavy atom. The Hall–Kier alpha value is -2.21. The molecule has 20 heavy (non-hydrogen) atoms. The molecule has 6 nitrogen and oxygen atoms in total. The van der Waals surface area contributed by atoms with Crippen molar-refractivity contribution in [2.24, 2.45) is 7.05 Å². The number of aromatic nitrogens is 3. The van der Waals surface area contributed by atoms with E-state index < -0.39 is 5.97 Å². The van der Waals surface area contributed by atoms with Gasteiger partial charge in [-0.25, -0.2) is 9.78 Å². The van der Waals surface area contributed by atoms with Crippen LogP contribution in [0.15, 0.2) is 24.5 Å². The lowest BCUT2D eigenvalue weighted by atomic mass is 10.2. The number of carboxylic acid groups (broad SMARTS) is 1. The quantitative estimate of drug-likeness (QED) is 0.876. The van der Waals surface area contributed by atoms with Crippen LogP contribution in [-0.2, 0) is 20.0 Å². The Bertz CT molecular complexity index is 650. The van der Waals surface area contributed by atoms with Crippen molar-refractivity contribution in [3.63, 3.8) is 0 Å². The molecule has 0 amide bonds. The van der Waals surface area contributed by atoms with Crippen molar-refractivity contribution in [1.82, 2.24) is 19.9 Å². The number of fused-ring (bicyclic) bond motifs is 1. The van der Waals surface area contributed by atoms with E-state index in [0.717, 1.165) is 18.5 Å². The molecule has 3 rings (SSSR count). The van der Waals surface area contributed by atoms with Gasteiger partial charge in [0.15, 0.2) is 0 Å². The monoisotopic (exact) mass is 272 g/mol. The number of carbonyl (C=O) groups is 1. The summed E-state index contributed by atoms with van der Waals surface area (Å²) in [5, 5.41) is 12.4. The molecular weight excluding hydrogens is 256 g/mol. The van der Waals surface area contributed by atoms with E-state index in [2.05, 4.69) is 21.4 Å². The van der Waals surface area contributed by atoms with Crippen LogP contribution in [0.3, 0.4) is 0 Å². The fraction of sp³-hybridized carbons (Fsp3) is 0.357. The van der Waals surface area contributed by atoms with Crippen molar-refractivity contribution in [2.75, 3.05) is 0 Å². The second kappa shape index (κ2) is 5.05. The number of nitrogens with one attached hydrogen (secondary N) is 1. The molecule has 2 N–H and O–H groups in total. The van der Waals surface area contributed by atoms with Gasteiger partial charge in [-0.3, -0.25) is 4.98 Å². The summed E-state index contributed by atoms with van der Waals surface area (Å²) in [7, 11) is 1.72. The van der Waals surface area contributed by atoms with E-state index in [9.17, 15) is 4.79 Å². The first-order valence-corrected chi connectivity index (χ1v) is 6.58. The third kappa shape index (κ3) is 2.18. The molecule has 0 aliphatic heterocycles. The molecular formula is C14H16N4O2. The van der Waals surface area contributed by atoms with Gasteiger partial charge < -0.3 is 15.0 Å². The Labute approximate surface area is 116 Å². The Morgan fingerprint density at radius 3 is 3.15 bits per heavy atom. The van der Waals surface area contributed by atoms with Crippen LogP contribution in [0.4, 0.5) is 0 Å². The van der Waals surface area contributed by atoms with Crippen LogP contribution in [0.2, 0.25) is 0 Å². The summed E-state index contributed by atoms with van der Waals surface area (Å²) in [5.41, 5.74) is 2.59. The lowest BCUT2D eigenvalue weighted by Crippen LogP contribution is -2.22. The summed E-state index contributed by atoms with van der Waals surface area (Å²) in [6.45, 7) is 0.532. The predicted molar refractivity (Wildman–Crippen MR) is 72.3 cm³/mol. The number of pyridine rings is 1. The molecule has 104 valence electrons. The third-order valence-corrected chi connectivity index (χ3v) is 3.77. The number of aryl methyl sites for hydroxylation is 1. The van der Waals surface area contributed by atoms with Crippen molar-refractivity contribution in [1.29, 1.82) is 0 Å². The van der Waals surface area contributed by atoms with Crippen molar-refractivity contribution in [3.05, 3.63) is 47.3 Å². The second-order valence-corrected chi connectivity index (χ2v) is 4.94. The summed E-state index contributed by atoms with van der Waals surface area (Å²) in [6.07, 6.45) is 5.24. The zero-order chi connectivity index (χ0) is 14.1. The molecule has 0 aromatic carbocycles. The average molecular weight is 272 g/mol. The maximum absolute atomic E-state index is 11.0. The fourth-order valence-corrected chi connectivity index (χ4v) is 2.64. The molecule has 0 spiro atoms. The van der Waals surface area contributed by atoms with Crippen LogP contribution in [-0.4, -0.2) is 25.6 Å². The van der Waals surface area contributed by atoms with E-state index >= 15 is 0 Å². The van der Waals surface area contributed by atoms with Gasteiger partial charge in [0.25, 0.3) is 0 Å². The largest absolute Gasteiger partial charge is 0.477 e. The van der Waals surface area contributed by atoms with Gasteiger partial charge >= 0.3 is 5.97 Å². The molecule has 1 atom stereocenters. The number of rotatable bonds is 4. The number of nitrogens with zero attached hydrogens (tertiary/aromatic N) is 3. The van der Waals surface area contributed by atoms with Crippen LogP contribution < -0.4 is 5.32 Å². The highest BCUT2D eigenvalue weighted by atomic mass is 16.4. The highest BCUT2D eigenvalue weighted by Gasteiger charge is 2.23. The highest BCUT2D eigenvalue weighted by molar-refractivity contribution is 5.85. The van der Waals surface area contributed by atoms with Crippen molar-refractivity contribution >= 4 is 5.97 Å². The first-order chi connectivity index (χ1) is 9.66. The highest BCUT2D eigenvalue weighted by Crippen LogP contribution is 2.28. The van der Waals surface area contributed by atoms with Crippen molar-refractivity contribution in [2.45, 2.75) is 25.4 Å². The second-order valence-electron chi connectivity index (χ2n) is 4.94. The van der Waals surface area contributed by atoms with Crippen LogP contribution in [0.25, 0.3) is 0 Å². The minimum Gasteiger partial charge on any atom is -0.477 e. The van der Waals surface area contributed by atoms with Gasteiger partial charge in [-0.1, -0.05) is 6.07 Å². The van der Waals surface area contributed by atoms with Gasteiger partial charge in [0, 0.05) is 13.2 Å². The molecule has 2 aromatic heterocycles. The van der Waals surface area contributed by atoms with E-state index in [1.165, 1.54) is 11.8 Å². The van der Waals surface area contributed by atoms with Gasteiger partial charge in [0.2, 0.25) is 0 Å². The van der Waals surface area contributed by atoms with E-state index in [1.807, 2.05) is 12.3 Å². The zero-order valence-electron chi connectivity index (χ0n) is 11.2. The molecule has 6 heteroatoms. The van der Waals surface area contributed by atoms with Crippen LogP contribution in [0.5, 0.6) is 0 Å². The fourth-order valence-electron chi connectivity index (χ4n) is 2.64. The van der Waals surface area contributed by atoms with Gasteiger partial charge in [0.05, 0.1) is 24.5 Å². The number of hydrogen-bond donors (Lipinski definition) is 2. The molecule has 1 aliphatic carbocycles. The van der Waals surface area contributed by atoms with E-state index in [4.69, 9.17) is 5.11 Å². The van der Waals surface area contributed by atoms with E-state index in [1.54, 1.807) is 11.6 Å². The Kier molecular flexibility index (Phi) is 3.23. The van der Waals surface area contributed by atoms with E-state index in [0.29, 0.717) is 12.4 Å². The minimum atomic E-state index is -0.959. The summed E-state index contributed by atoms with van der Waals surface area (Å²) in [5.74, 6) is -0.245. The lowest BCUT2D eigenvalue weighted by Gasteiger charge is -2.13. The molecule has 2 heterocycles. The lowest BCUT2D eigenvalue weighted by molar-refractivity contribution is 0.0686. The van der Waals surface area contributed by atoms with Crippen LogP contribution >= 0.6 is 0 Å². The number of carboxylic acids is 1. The molecule has 0 bridgehead atoms. The number of imidazole rings is 1. The van der Waals surface area contributed by atoms with Gasteiger partial charge in [-0.2, -0.15) is 0 Å².